The lowest BCUT2D eigenvalue weighted by atomic mass is 10.0. The Bertz CT molecular complexity index is 540. The monoisotopic (exact) mass is 346 g/mol. The SMILES string of the molecule is CC(C)c1nccn1CCN1CCN(C(=O)CCC2CCCC2)CC1. The van der Waals surface area contributed by atoms with Crippen LogP contribution in [0.5, 0.6) is 0 Å². The molecule has 0 N–H and O–H groups in total. The van der Waals surface area contributed by atoms with Gasteiger partial charge in [-0.05, 0) is 12.3 Å². The molecule has 1 saturated carbocycles. The Morgan fingerprint density at radius 3 is 2.56 bits per heavy atom. The van der Waals surface area contributed by atoms with Gasteiger partial charge in [-0.15, -0.1) is 0 Å². The summed E-state index contributed by atoms with van der Waals surface area (Å²) in [5.74, 6) is 2.82. The van der Waals surface area contributed by atoms with Crippen molar-refractivity contribution in [3.63, 3.8) is 0 Å². The normalized spacial score (nSPS) is 19.9. The van der Waals surface area contributed by atoms with Crippen molar-refractivity contribution in [3.05, 3.63) is 18.2 Å². The summed E-state index contributed by atoms with van der Waals surface area (Å²) >= 11 is 0. The first kappa shape index (κ1) is 18.4. The summed E-state index contributed by atoms with van der Waals surface area (Å²) in [6.45, 7) is 10.2. The number of imidazole rings is 1. The molecule has 0 aromatic carbocycles. The molecule has 0 bridgehead atoms. The largest absolute Gasteiger partial charge is 0.340 e. The summed E-state index contributed by atoms with van der Waals surface area (Å²) in [6.07, 6.45) is 11.3. The molecule has 1 saturated heterocycles. The third kappa shape index (κ3) is 5.06. The van der Waals surface area contributed by atoms with E-state index in [4.69, 9.17) is 0 Å². The van der Waals surface area contributed by atoms with Gasteiger partial charge in [0, 0.05) is 64.0 Å². The molecule has 0 unspecified atom stereocenters. The predicted octanol–water partition coefficient (Wildman–Crippen LogP) is 3.12. The molecule has 0 spiro atoms. The van der Waals surface area contributed by atoms with Crippen molar-refractivity contribution in [2.75, 3.05) is 32.7 Å². The Kier molecular flexibility index (Phi) is 6.51. The zero-order chi connectivity index (χ0) is 17.6. The number of carbonyl (C=O) groups excluding carboxylic acids is 1. The van der Waals surface area contributed by atoms with Gasteiger partial charge in [-0.2, -0.15) is 0 Å². The summed E-state index contributed by atoms with van der Waals surface area (Å²) in [7, 11) is 0. The molecule has 5 heteroatoms. The minimum Gasteiger partial charge on any atom is -0.340 e. The third-order valence-corrected chi connectivity index (χ3v) is 5.89. The fourth-order valence-electron chi connectivity index (χ4n) is 4.27. The van der Waals surface area contributed by atoms with Gasteiger partial charge < -0.3 is 9.47 Å². The maximum Gasteiger partial charge on any atom is 0.222 e. The number of aromatic nitrogens is 2. The van der Waals surface area contributed by atoms with Gasteiger partial charge in [0.25, 0.3) is 0 Å². The molecular weight excluding hydrogens is 312 g/mol. The van der Waals surface area contributed by atoms with E-state index < -0.39 is 0 Å². The standard InChI is InChI=1S/C20H34N4O/c1-17(2)20-21-9-10-24(20)16-13-22-11-14-23(15-12-22)19(25)8-7-18-5-3-4-6-18/h9-10,17-18H,3-8,11-16H2,1-2H3. The summed E-state index contributed by atoms with van der Waals surface area (Å²) in [5, 5.41) is 0. The minimum atomic E-state index is 0.378. The van der Waals surface area contributed by atoms with Crippen LogP contribution in [0.1, 0.15) is 64.1 Å². The van der Waals surface area contributed by atoms with Crippen LogP contribution in [0.25, 0.3) is 0 Å². The molecular formula is C20H34N4O. The van der Waals surface area contributed by atoms with Crippen LogP contribution >= 0.6 is 0 Å². The lowest BCUT2D eigenvalue weighted by molar-refractivity contribution is -0.133. The highest BCUT2D eigenvalue weighted by atomic mass is 16.2. The predicted molar refractivity (Wildman–Crippen MR) is 101 cm³/mol. The smallest absolute Gasteiger partial charge is 0.222 e. The number of amides is 1. The van der Waals surface area contributed by atoms with E-state index in [1.807, 2.05) is 6.20 Å². The van der Waals surface area contributed by atoms with Crippen LogP contribution in [0.2, 0.25) is 0 Å². The van der Waals surface area contributed by atoms with Crippen molar-refractivity contribution in [3.8, 4) is 0 Å². The van der Waals surface area contributed by atoms with Crippen LogP contribution in [-0.2, 0) is 11.3 Å². The number of nitrogens with zero attached hydrogens (tertiary/aromatic N) is 4. The molecule has 2 fully saturated rings. The molecule has 1 aliphatic carbocycles. The van der Waals surface area contributed by atoms with Crippen molar-refractivity contribution < 1.29 is 4.79 Å². The fourth-order valence-corrected chi connectivity index (χ4v) is 4.27. The van der Waals surface area contributed by atoms with Crippen LogP contribution in [0, 0.1) is 5.92 Å². The van der Waals surface area contributed by atoms with E-state index in [-0.39, 0.29) is 0 Å². The molecule has 5 nitrogen and oxygen atoms in total. The molecule has 3 rings (SSSR count). The highest BCUT2D eigenvalue weighted by Crippen LogP contribution is 2.28. The molecule has 25 heavy (non-hydrogen) atoms. The van der Waals surface area contributed by atoms with Crippen LogP contribution in [-0.4, -0.2) is 58.0 Å². The van der Waals surface area contributed by atoms with E-state index in [1.165, 1.54) is 31.5 Å². The zero-order valence-corrected chi connectivity index (χ0v) is 16.0. The molecule has 2 heterocycles. The van der Waals surface area contributed by atoms with Crippen molar-refractivity contribution in [2.45, 2.75) is 64.8 Å². The van der Waals surface area contributed by atoms with Crippen LogP contribution in [0.3, 0.4) is 0 Å². The van der Waals surface area contributed by atoms with Gasteiger partial charge >= 0.3 is 0 Å². The Morgan fingerprint density at radius 2 is 1.88 bits per heavy atom. The Hall–Kier alpha value is -1.36. The zero-order valence-electron chi connectivity index (χ0n) is 16.0. The molecule has 2 aliphatic rings. The van der Waals surface area contributed by atoms with Crippen molar-refractivity contribution >= 4 is 5.91 Å². The number of hydrogen-bond acceptors (Lipinski definition) is 3. The summed E-state index contributed by atoms with van der Waals surface area (Å²) in [6, 6.07) is 0. The number of carbonyl (C=O) groups is 1. The lowest BCUT2D eigenvalue weighted by Crippen LogP contribution is -2.49. The summed E-state index contributed by atoms with van der Waals surface area (Å²) in [4.78, 5) is 21.4. The first-order chi connectivity index (χ1) is 12.1. The Balaban J connectivity index is 1.36. The number of rotatable bonds is 7. The maximum absolute atomic E-state index is 12.4. The van der Waals surface area contributed by atoms with Crippen LogP contribution in [0.4, 0.5) is 0 Å². The molecule has 0 radical (unpaired) electrons. The first-order valence-corrected chi connectivity index (χ1v) is 10.1. The molecule has 1 aromatic heterocycles. The quantitative estimate of drug-likeness (QED) is 0.762. The van der Waals surface area contributed by atoms with Gasteiger partial charge in [-0.25, -0.2) is 4.98 Å². The first-order valence-electron chi connectivity index (χ1n) is 10.1. The van der Waals surface area contributed by atoms with Gasteiger partial charge in [0.15, 0.2) is 0 Å². The molecule has 1 aliphatic heterocycles. The van der Waals surface area contributed by atoms with E-state index in [1.54, 1.807) is 0 Å². The Morgan fingerprint density at radius 1 is 1.16 bits per heavy atom. The van der Waals surface area contributed by atoms with Gasteiger partial charge in [0.1, 0.15) is 5.82 Å². The summed E-state index contributed by atoms with van der Waals surface area (Å²) in [5.41, 5.74) is 0. The van der Waals surface area contributed by atoms with E-state index in [2.05, 4.69) is 39.4 Å². The second-order valence-corrected chi connectivity index (χ2v) is 8.05. The second kappa shape index (κ2) is 8.84. The van der Waals surface area contributed by atoms with E-state index in [0.29, 0.717) is 11.8 Å². The Labute approximate surface area is 152 Å². The average molecular weight is 347 g/mol. The lowest BCUT2D eigenvalue weighted by Gasteiger charge is -2.35. The highest BCUT2D eigenvalue weighted by Gasteiger charge is 2.23. The topological polar surface area (TPSA) is 41.4 Å². The van der Waals surface area contributed by atoms with Crippen LogP contribution in [0.15, 0.2) is 12.4 Å². The third-order valence-electron chi connectivity index (χ3n) is 5.89. The van der Waals surface area contributed by atoms with E-state index in [0.717, 1.165) is 58.0 Å². The van der Waals surface area contributed by atoms with E-state index in [9.17, 15) is 4.79 Å². The summed E-state index contributed by atoms with van der Waals surface area (Å²) < 4.78 is 2.27. The molecule has 0 atom stereocenters. The van der Waals surface area contributed by atoms with Crippen LogP contribution < -0.4 is 0 Å². The van der Waals surface area contributed by atoms with Crippen molar-refractivity contribution in [2.24, 2.45) is 5.92 Å². The van der Waals surface area contributed by atoms with E-state index >= 15 is 0 Å². The molecule has 1 amide bonds. The average Bonchev–Trinajstić information content (AvgIpc) is 3.29. The highest BCUT2D eigenvalue weighted by molar-refractivity contribution is 5.76. The van der Waals surface area contributed by atoms with Crippen molar-refractivity contribution in [1.29, 1.82) is 0 Å². The van der Waals surface area contributed by atoms with Gasteiger partial charge in [-0.1, -0.05) is 39.5 Å². The molecule has 140 valence electrons. The van der Waals surface area contributed by atoms with Gasteiger partial charge in [0.2, 0.25) is 5.91 Å². The maximum atomic E-state index is 12.4. The number of piperazine rings is 1. The minimum absolute atomic E-state index is 0.378. The van der Waals surface area contributed by atoms with Crippen molar-refractivity contribution in [1.82, 2.24) is 19.4 Å². The number of hydrogen-bond donors (Lipinski definition) is 0. The second-order valence-electron chi connectivity index (χ2n) is 8.05. The van der Waals surface area contributed by atoms with Gasteiger partial charge in [-0.3, -0.25) is 9.69 Å². The fraction of sp³-hybridized carbons (Fsp3) is 0.800. The van der Waals surface area contributed by atoms with Gasteiger partial charge in [0.05, 0.1) is 0 Å². The molecule has 1 aromatic rings.